The van der Waals surface area contributed by atoms with Crippen molar-refractivity contribution in [1.82, 2.24) is 9.80 Å². The summed E-state index contributed by atoms with van der Waals surface area (Å²) in [7, 11) is 0. The number of rotatable bonds is 5. The standard InChI is InChI=1S/C17H30F2N2O2/c1-17(2,3)23-16(22)21-8-6-13(7-9-21)4-5-14-10-20(11-14)12-15(18)19/h13-15H,4-12H2,1-3H3. The van der Waals surface area contributed by atoms with E-state index in [2.05, 4.69) is 0 Å². The summed E-state index contributed by atoms with van der Waals surface area (Å²) in [6.45, 7) is 8.74. The molecule has 2 fully saturated rings. The van der Waals surface area contributed by atoms with E-state index in [0.29, 0.717) is 11.8 Å². The molecule has 2 aliphatic heterocycles. The van der Waals surface area contributed by atoms with E-state index in [9.17, 15) is 13.6 Å². The third kappa shape index (κ3) is 6.24. The third-order valence-electron chi connectivity index (χ3n) is 4.68. The number of piperidine rings is 1. The largest absolute Gasteiger partial charge is 0.444 e. The molecule has 2 heterocycles. The van der Waals surface area contributed by atoms with Crippen LogP contribution in [-0.2, 0) is 4.74 Å². The lowest BCUT2D eigenvalue weighted by Gasteiger charge is -2.40. The molecule has 4 nitrogen and oxygen atoms in total. The van der Waals surface area contributed by atoms with Crippen LogP contribution in [0.3, 0.4) is 0 Å². The summed E-state index contributed by atoms with van der Waals surface area (Å²) in [6.07, 6.45) is 1.89. The Labute approximate surface area is 138 Å². The van der Waals surface area contributed by atoms with E-state index < -0.39 is 12.0 Å². The minimum atomic E-state index is -2.21. The lowest BCUT2D eigenvalue weighted by atomic mass is 9.86. The molecule has 134 valence electrons. The monoisotopic (exact) mass is 332 g/mol. The zero-order valence-electron chi connectivity index (χ0n) is 14.6. The average Bonchev–Trinajstić information content (AvgIpc) is 2.39. The van der Waals surface area contributed by atoms with E-state index >= 15 is 0 Å². The van der Waals surface area contributed by atoms with Crippen LogP contribution in [0.15, 0.2) is 0 Å². The number of halogens is 2. The molecular weight excluding hydrogens is 302 g/mol. The first-order valence-corrected chi connectivity index (χ1v) is 8.71. The molecule has 2 saturated heterocycles. The Morgan fingerprint density at radius 2 is 1.70 bits per heavy atom. The Morgan fingerprint density at radius 1 is 1.13 bits per heavy atom. The topological polar surface area (TPSA) is 32.8 Å². The van der Waals surface area contributed by atoms with Crippen LogP contribution in [0.5, 0.6) is 0 Å². The number of nitrogens with zero attached hydrogens (tertiary/aromatic N) is 2. The maximum Gasteiger partial charge on any atom is 0.410 e. The molecule has 6 heteroatoms. The molecule has 0 aromatic rings. The number of alkyl halides is 2. The fourth-order valence-corrected chi connectivity index (χ4v) is 3.41. The molecule has 0 atom stereocenters. The van der Waals surface area contributed by atoms with Crippen molar-refractivity contribution in [2.24, 2.45) is 11.8 Å². The molecule has 23 heavy (non-hydrogen) atoms. The first-order chi connectivity index (χ1) is 10.7. The van der Waals surface area contributed by atoms with Gasteiger partial charge in [0.05, 0.1) is 6.54 Å². The van der Waals surface area contributed by atoms with Crippen molar-refractivity contribution < 1.29 is 18.3 Å². The van der Waals surface area contributed by atoms with Crippen molar-refractivity contribution in [2.75, 3.05) is 32.7 Å². The smallest absolute Gasteiger partial charge is 0.410 e. The van der Waals surface area contributed by atoms with Crippen LogP contribution < -0.4 is 0 Å². The van der Waals surface area contributed by atoms with Crippen LogP contribution in [0, 0.1) is 11.8 Å². The molecule has 0 aliphatic carbocycles. The molecule has 2 aliphatic rings. The zero-order valence-corrected chi connectivity index (χ0v) is 14.6. The summed E-state index contributed by atoms with van der Waals surface area (Å²) >= 11 is 0. The van der Waals surface area contributed by atoms with Gasteiger partial charge in [-0.05, 0) is 58.3 Å². The number of likely N-dealkylation sites (tertiary alicyclic amines) is 2. The van der Waals surface area contributed by atoms with E-state index in [1.165, 1.54) is 0 Å². The highest BCUT2D eigenvalue weighted by atomic mass is 19.3. The van der Waals surface area contributed by atoms with E-state index in [1.807, 2.05) is 25.7 Å². The Morgan fingerprint density at radius 3 is 2.22 bits per heavy atom. The number of ether oxygens (including phenoxy) is 1. The van der Waals surface area contributed by atoms with Gasteiger partial charge in [-0.3, -0.25) is 4.90 Å². The molecule has 0 aromatic heterocycles. The SMILES string of the molecule is CC(C)(C)OC(=O)N1CCC(CCC2CN(CC(F)F)C2)CC1. The Kier molecular flexibility index (Phi) is 6.23. The second-order valence-electron chi connectivity index (χ2n) is 7.96. The highest BCUT2D eigenvalue weighted by Gasteiger charge is 2.30. The van der Waals surface area contributed by atoms with Crippen molar-refractivity contribution in [2.45, 2.75) is 58.5 Å². The van der Waals surface area contributed by atoms with E-state index in [0.717, 1.165) is 51.9 Å². The Hall–Kier alpha value is -0.910. The van der Waals surface area contributed by atoms with Crippen LogP contribution in [0.1, 0.15) is 46.5 Å². The number of amides is 1. The predicted octanol–water partition coefficient (Wildman–Crippen LogP) is 3.61. The van der Waals surface area contributed by atoms with Gasteiger partial charge in [-0.25, -0.2) is 13.6 Å². The molecule has 0 bridgehead atoms. The quantitative estimate of drug-likeness (QED) is 0.771. The van der Waals surface area contributed by atoms with Gasteiger partial charge in [-0.2, -0.15) is 0 Å². The lowest BCUT2D eigenvalue weighted by Crippen LogP contribution is -2.48. The lowest BCUT2D eigenvalue weighted by molar-refractivity contribution is 0.0126. The van der Waals surface area contributed by atoms with Crippen LogP contribution in [0.4, 0.5) is 13.6 Å². The number of carbonyl (C=O) groups is 1. The van der Waals surface area contributed by atoms with E-state index in [4.69, 9.17) is 4.74 Å². The van der Waals surface area contributed by atoms with Gasteiger partial charge in [0.25, 0.3) is 6.43 Å². The van der Waals surface area contributed by atoms with E-state index in [-0.39, 0.29) is 12.6 Å². The predicted molar refractivity (Wildman–Crippen MR) is 85.7 cm³/mol. The molecule has 1 amide bonds. The summed E-state index contributed by atoms with van der Waals surface area (Å²) in [5.74, 6) is 1.23. The van der Waals surface area contributed by atoms with E-state index in [1.54, 1.807) is 4.90 Å². The first kappa shape index (κ1) is 18.4. The van der Waals surface area contributed by atoms with Gasteiger partial charge in [-0.15, -0.1) is 0 Å². The van der Waals surface area contributed by atoms with Crippen molar-refractivity contribution in [3.63, 3.8) is 0 Å². The van der Waals surface area contributed by atoms with Crippen molar-refractivity contribution >= 4 is 6.09 Å². The van der Waals surface area contributed by atoms with Gasteiger partial charge >= 0.3 is 6.09 Å². The van der Waals surface area contributed by atoms with Crippen molar-refractivity contribution in [3.05, 3.63) is 0 Å². The molecule has 0 spiro atoms. The molecule has 0 radical (unpaired) electrons. The highest BCUT2D eigenvalue weighted by Crippen LogP contribution is 2.28. The van der Waals surface area contributed by atoms with Gasteiger partial charge < -0.3 is 9.64 Å². The maximum atomic E-state index is 12.2. The van der Waals surface area contributed by atoms with Gasteiger partial charge in [0.1, 0.15) is 5.60 Å². The third-order valence-corrected chi connectivity index (χ3v) is 4.68. The summed E-state index contributed by atoms with van der Waals surface area (Å²) < 4.78 is 29.9. The van der Waals surface area contributed by atoms with Gasteiger partial charge in [0.2, 0.25) is 0 Å². The minimum absolute atomic E-state index is 0.0786. The summed E-state index contributed by atoms with van der Waals surface area (Å²) in [5.41, 5.74) is -0.442. The fraction of sp³-hybridized carbons (Fsp3) is 0.941. The van der Waals surface area contributed by atoms with Gasteiger partial charge in [0.15, 0.2) is 0 Å². The normalized spacial score (nSPS) is 21.6. The van der Waals surface area contributed by atoms with Crippen molar-refractivity contribution in [1.29, 1.82) is 0 Å². The average molecular weight is 332 g/mol. The van der Waals surface area contributed by atoms with Gasteiger partial charge in [-0.1, -0.05) is 0 Å². The molecule has 2 rings (SSSR count). The summed E-state index contributed by atoms with van der Waals surface area (Å²) in [6, 6.07) is 0. The van der Waals surface area contributed by atoms with Crippen LogP contribution in [0.2, 0.25) is 0 Å². The second-order valence-corrected chi connectivity index (χ2v) is 7.96. The van der Waals surface area contributed by atoms with Crippen LogP contribution in [-0.4, -0.2) is 60.6 Å². The zero-order chi connectivity index (χ0) is 17.0. The minimum Gasteiger partial charge on any atom is -0.444 e. The Bertz CT molecular complexity index is 385. The Balaban J connectivity index is 1.58. The van der Waals surface area contributed by atoms with Crippen LogP contribution >= 0.6 is 0 Å². The summed E-state index contributed by atoms with van der Waals surface area (Å²) in [5, 5.41) is 0. The first-order valence-electron chi connectivity index (χ1n) is 8.71. The highest BCUT2D eigenvalue weighted by molar-refractivity contribution is 5.68. The van der Waals surface area contributed by atoms with Crippen molar-refractivity contribution in [3.8, 4) is 0 Å². The molecule has 0 aromatic carbocycles. The molecule has 0 saturated carbocycles. The molecule has 0 unspecified atom stereocenters. The second kappa shape index (κ2) is 7.77. The maximum absolute atomic E-state index is 12.2. The fourth-order valence-electron chi connectivity index (χ4n) is 3.41. The molecular formula is C17H30F2N2O2. The summed E-state index contributed by atoms with van der Waals surface area (Å²) in [4.78, 5) is 15.6. The number of carbonyl (C=O) groups excluding carboxylic acids is 1. The van der Waals surface area contributed by atoms with Gasteiger partial charge in [0, 0.05) is 26.2 Å². The molecule has 0 N–H and O–H groups in total. The number of hydrogen-bond acceptors (Lipinski definition) is 3. The number of hydrogen-bond donors (Lipinski definition) is 0. The van der Waals surface area contributed by atoms with Crippen LogP contribution in [0.25, 0.3) is 0 Å².